The number of aryl methyl sites for hydroxylation is 1. The van der Waals surface area contributed by atoms with Crippen LogP contribution in [-0.4, -0.2) is 50.3 Å². The van der Waals surface area contributed by atoms with Gasteiger partial charge in [0.15, 0.2) is 0 Å². The van der Waals surface area contributed by atoms with Crippen molar-refractivity contribution in [2.45, 2.75) is 32.6 Å². The molecule has 3 aromatic carbocycles. The van der Waals surface area contributed by atoms with Crippen LogP contribution in [0.2, 0.25) is 0 Å². The van der Waals surface area contributed by atoms with Gasteiger partial charge in [0.25, 0.3) is 0 Å². The fourth-order valence-corrected chi connectivity index (χ4v) is 3.87. The Balaban J connectivity index is 1.51. The average Bonchev–Trinajstić information content (AvgIpc) is 3.06. The summed E-state index contributed by atoms with van der Waals surface area (Å²) in [6, 6.07) is 17.8. The maximum absolute atomic E-state index is 12.8. The highest BCUT2D eigenvalue weighted by atomic mass is 16.6. The van der Waals surface area contributed by atoms with Gasteiger partial charge in [-0.15, -0.1) is 0 Å². The zero-order chi connectivity index (χ0) is 32.4. The number of hydrogen-bond acceptors (Lipinski definition) is 10. The van der Waals surface area contributed by atoms with Gasteiger partial charge in [0.2, 0.25) is 0 Å². The fourth-order valence-electron chi connectivity index (χ4n) is 3.87. The van der Waals surface area contributed by atoms with Gasteiger partial charge in [-0.2, -0.15) is 0 Å². The van der Waals surface area contributed by atoms with Crippen LogP contribution in [0.5, 0.6) is 23.0 Å². The lowest BCUT2D eigenvalue weighted by molar-refractivity contribution is -0.139. The van der Waals surface area contributed by atoms with E-state index in [4.69, 9.17) is 28.4 Å². The Morgan fingerprint density at radius 3 is 1.71 bits per heavy atom. The molecule has 0 saturated heterocycles. The molecule has 0 fully saturated rings. The molecule has 0 amide bonds. The van der Waals surface area contributed by atoms with Crippen LogP contribution in [-0.2, 0) is 25.5 Å². The van der Waals surface area contributed by atoms with Gasteiger partial charge in [-0.05, 0) is 91.6 Å². The Bertz CT molecular complexity index is 1460. The van der Waals surface area contributed by atoms with Crippen molar-refractivity contribution < 1.29 is 47.6 Å². The maximum atomic E-state index is 12.8. The molecule has 0 aliphatic rings. The zero-order valence-corrected chi connectivity index (χ0v) is 25.2. The second-order valence-electron chi connectivity index (χ2n) is 9.49. The van der Waals surface area contributed by atoms with Crippen molar-refractivity contribution in [1.29, 1.82) is 0 Å². The predicted molar refractivity (Wildman–Crippen MR) is 166 cm³/mol. The molecule has 10 heteroatoms. The van der Waals surface area contributed by atoms with E-state index in [-0.39, 0.29) is 13.2 Å². The topological polar surface area (TPSA) is 124 Å². The van der Waals surface area contributed by atoms with Crippen LogP contribution in [0.15, 0.2) is 92.0 Å². The van der Waals surface area contributed by atoms with Crippen molar-refractivity contribution in [3.63, 3.8) is 0 Å². The van der Waals surface area contributed by atoms with Crippen molar-refractivity contribution in [2.24, 2.45) is 0 Å². The van der Waals surface area contributed by atoms with Gasteiger partial charge in [-0.25, -0.2) is 19.2 Å². The molecule has 10 nitrogen and oxygen atoms in total. The van der Waals surface area contributed by atoms with E-state index in [1.165, 1.54) is 0 Å². The lowest BCUT2D eigenvalue weighted by atomic mass is 10.1. The summed E-state index contributed by atoms with van der Waals surface area (Å²) in [5.41, 5.74) is 1.38. The van der Waals surface area contributed by atoms with Gasteiger partial charge in [0, 0.05) is 12.2 Å². The van der Waals surface area contributed by atoms with Crippen molar-refractivity contribution >= 4 is 23.9 Å². The van der Waals surface area contributed by atoms with E-state index in [0.29, 0.717) is 72.2 Å². The Morgan fingerprint density at radius 1 is 0.622 bits per heavy atom. The molecule has 0 unspecified atom stereocenters. The van der Waals surface area contributed by atoms with Gasteiger partial charge in [0.1, 0.15) is 36.2 Å². The van der Waals surface area contributed by atoms with Crippen LogP contribution >= 0.6 is 0 Å². The number of rotatable bonds is 18. The third kappa shape index (κ3) is 11.7. The molecule has 0 aliphatic carbocycles. The highest BCUT2D eigenvalue weighted by Gasteiger charge is 2.15. The molecule has 3 rings (SSSR count). The maximum Gasteiger partial charge on any atom is 0.343 e. The summed E-state index contributed by atoms with van der Waals surface area (Å²) in [6.07, 6.45) is 4.92. The Hall–Kier alpha value is -5.38. The molecule has 0 radical (unpaired) electrons. The molecular formula is C35H36O10. The van der Waals surface area contributed by atoms with E-state index < -0.39 is 23.9 Å². The van der Waals surface area contributed by atoms with Gasteiger partial charge >= 0.3 is 23.9 Å². The smallest absolute Gasteiger partial charge is 0.343 e. The Morgan fingerprint density at radius 2 is 1.13 bits per heavy atom. The summed E-state index contributed by atoms with van der Waals surface area (Å²) in [7, 11) is 0. The van der Waals surface area contributed by atoms with Crippen LogP contribution in [0.25, 0.3) is 0 Å². The van der Waals surface area contributed by atoms with E-state index in [1.54, 1.807) is 66.7 Å². The minimum Gasteiger partial charge on any atom is -0.494 e. The molecule has 236 valence electrons. The zero-order valence-electron chi connectivity index (χ0n) is 25.2. The standard InChI is InChI=1S/C35H36O10/c1-4-9-27-24-30(44-34(38)25-10-14-28(15-11-25)40-20-7-8-21-42-32(36)5-2)18-19-31(27)45-35(39)26-12-16-29(17-13-26)41-22-23-43-33(37)6-3/h5-6,10-19,24H,2-4,7-9,20-23H2,1H3. The van der Waals surface area contributed by atoms with Gasteiger partial charge in [0.05, 0.1) is 24.3 Å². The number of carbonyl (C=O) groups is 4. The first-order valence-corrected chi connectivity index (χ1v) is 14.4. The minimum atomic E-state index is -0.554. The average molecular weight is 617 g/mol. The molecule has 0 spiro atoms. The summed E-state index contributed by atoms with van der Waals surface area (Å²) in [5.74, 6) is -0.290. The summed E-state index contributed by atoms with van der Waals surface area (Å²) < 4.78 is 32.2. The largest absolute Gasteiger partial charge is 0.494 e. The van der Waals surface area contributed by atoms with E-state index in [9.17, 15) is 19.2 Å². The van der Waals surface area contributed by atoms with Crippen LogP contribution in [0.3, 0.4) is 0 Å². The van der Waals surface area contributed by atoms with E-state index in [2.05, 4.69) is 13.2 Å². The summed E-state index contributed by atoms with van der Waals surface area (Å²) in [5, 5.41) is 0. The lowest BCUT2D eigenvalue weighted by Crippen LogP contribution is -2.12. The first-order valence-electron chi connectivity index (χ1n) is 14.4. The molecule has 0 aliphatic heterocycles. The predicted octanol–water partition coefficient (Wildman–Crippen LogP) is 6.07. The van der Waals surface area contributed by atoms with Crippen molar-refractivity contribution in [1.82, 2.24) is 0 Å². The number of benzene rings is 3. The van der Waals surface area contributed by atoms with Crippen LogP contribution in [0, 0.1) is 0 Å². The second-order valence-corrected chi connectivity index (χ2v) is 9.49. The van der Waals surface area contributed by atoms with Crippen LogP contribution < -0.4 is 18.9 Å². The van der Waals surface area contributed by atoms with Crippen LogP contribution in [0.1, 0.15) is 52.5 Å². The number of esters is 4. The molecule has 45 heavy (non-hydrogen) atoms. The molecular weight excluding hydrogens is 580 g/mol. The van der Waals surface area contributed by atoms with Gasteiger partial charge < -0.3 is 28.4 Å². The van der Waals surface area contributed by atoms with Crippen LogP contribution in [0.4, 0.5) is 0 Å². The molecule has 0 N–H and O–H groups in total. The molecule has 0 saturated carbocycles. The first kappa shape index (κ1) is 34.1. The van der Waals surface area contributed by atoms with E-state index >= 15 is 0 Å². The molecule has 0 aromatic heterocycles. The fraction of sp³-hybridized carbons (Fsp3) is 0.257. The Kier molecular flexibility index (Phi) is 13.9. The number of hydrogen-bond donors (Lipinski definition) is 0. The highest BCUT2D eigenvalue weighted by Crippen LogP contribution is 2.27. The van der Waals surface area contributed by atoms with Gasteiger partial charge in [-0.1, -0.05) is 26.5 Å². The number of ether oxygens (including phenoxy) is 6. The molecule has 0 heterocycles. The highest BCUT2D eigenvalue weighted by molar-refractivity contribution is 5.92. The monoisotopic (exact) mass is 616 g/mol. The number of unbranched alkanes of at least 4 members (excludes halogenated alkanes) is 1. The van der Waals surface area contributed by atoms with Crippen molar-refractivity contribution in [3.05, 3.63) is 109 Å². The quantitative estimate of drug-likeness (QED) is 0.0720. The third-order valence-corrected chi connectivity index (χ3v) is 6.13. The SMILES string of the molecule is C=CC(=O)OCCCCOc1ccc(C(=O)Oc2ccc(OC(=O)c3ccc(OCCOC(=O)C=C)cc3)c(CCC)c2)cc1. The molecule has 3 aromatic rings. The van der Waals surface area contributed by atoms with Crippen molar-refractivity contribution in [2.75, 3.05) is 26.4 Å². The summed E-state index contributed by atoms with van der Waals surface area (Å²) >= 11 is 0. The normalized spacial score (nSPS) is 10.2. The molecule has 0 bridgehead atoms. The third-order valence-electron chi connectivity index (χ3n) is 6.13. The lowest BCUT2D eigenvalue weighted by Gasteiger charge is -2.13. The van der Waals surface area contributed by atoms with Gasteiger partial charge in [-0.3, -0.25) is 0 Å². The second kappa shape index (κ2) is 18.3. The van der Waals surface area contributed by atoms with E-state index in [1.807, 2.05) is 6.92 Å². The summed E-state index contributed by atoms with van der Waals surface area (Å²) in [4.78, 5) is 47.7. The van der Waals surface area contributed by atoms with E-state index in [0.717, 1.165) is 18.6 Å². The first-order chi connectivity index (χ1) is 21.8. The summed E-state index contributed by atoms with van der Waals surface area (Å²) in [6.45, 7) is 9.61. The Labute approximate surface area is 262 Å². The minimum absolute atomic E-state index is 0.0711. The number of carbonyl (C=O) groups excluding carboxylic acids is 4. The van der Waals surface area contributed by atoms with Crippen molar-refractivity contribution in [3.8, 4) is 23.0 Å². The molecule has 0 atom stereocenters.